The number of benzene rings is 1. The average molecular weight is 460 g/mol. The fourth-order valence-electron chi connectivity index (χ4n) is 3.12. The summed E-state index contributed by atoms with van der Waals surface area (Å²) in [4.78, 5) is 73.2. The molecule has 11 nitrogen and oxygen atoms in total. The first kappa shape index (κ1) is 25.5. The van der Waals surface area contributed by atoms with Crippen LogP contribution in [0.4, 0.5) is 0 Å². The molecule has 4 amide bonds. The van der Waals surface area contributed by atoms with Crippen LogP contribution in [-0.4, -0.2) is 64.7 Å². The SMILES string of the molecule is CC1NC(=O)CCC(=O)c2ccc(cc2)CC(C(=O)O)NC(=O)C(C)NC(=O)C(C)NC1=O. The number of nitrogens with one attached hydrogen (secondary N) is 4. The van der Waals surface area contributed by atoms with E-state index in [1.807, 2.05) is 0 Å². The highest BCUT2D eigenvalue weighted by molar-refractivity contribution is 5.99. The van der Waals surface area contributed by atoms with E-state index in [-0.39, 0.29) is 25.0 Å². The molecule has 5 N–H and O–H groups in total. The Labute approximate surface area is 190 Å². The minimum Gasteiger partial charge on any atom is -0.480 e. The van der Waals surface area contributed by atoms with Gasteiger partial charge in [0.25, 0.3) is 0 Å². The number of amides is 4. The summed E-state index contributed by atoms with van der Waals surface area (Å²) < 4.78 is 0. The van der Waals surface area contributed by atoms with Gasteiger partial charge in [0.15, 0.2) is 5.78 Å². The second-order valence-electron chi connectivity index (χ2n) is 7.97. The Kier molecular flexibility index (Phi) is 8.66. The first-order valence-corrected chi connectivity index (χ1v) is 10.5. The summed E-state index contributed by atoms with van der Waals surface area (Å²) in [5.41, 5.74) is 0.932. The number of Topliss-reactive ketones (excluding diaryl/α,β-unsaturated/α-hetero) is 1. The minimum atomic E-state index is -1.26. The lowest BCUT2D eigenvalue weighted by Crippen LogP contribution is -2.56. The first-order chi connectivity index (χ1) is 15.5. The second kappa shape index (κ2) is 11.2. The largest absolute Gasteiger partial charge is 0.480 e. The molecule has 178 valence electrons. The van der Waals surface area contributed by atoms with Crippen LogP contribution in [0.3, 0.4) is 0 Å². The van der Waals surface area contributed by atoms with Gasteiger partial charge in [-0.3, -0.25) is 24.0 Å². The third-order valence-corrected chi connectivity index (χ3v) is 5.18. The predicted molar refractivity (Wildman–Crippen MR) is 116 cm³/mol. The van der Waals surface area contributed by atoms with E-state index in [2.05, 4.69) is 21.3 Å². The van der Waals surface area contributed by atoms with Crippen LogP contribution in [-0.2, 0) is 30.4 Å². The van der Waals surface area contributed by atoms with E-state index in [4.69, 9.17) is 0 Å². The molecule has 2 bridgehead atoms. The average Bonchev–Trinajstić information content (AvgIpc) is 2.76. The van der Waals surface area contributed by atoms with Crippen LogP contribution in [0.5, 0.6) is 0 Å². The van der Waals surface area contributed by atoms with E-state index >= 15 is 0 Å². The molecule has 0 fully saturated rings. The van der Waals surface area contributed by atoms with Crippen molar-refractivity contribution in [2.45, 2.75) is 64.2 Å². The van der Waals surface area contributed by atoms with Crippen LogP contribution >= 0.6 is 0 Å². The van der Waals surface area contributed by atoms with Crippen molar-refractivity contribution in [3.63, 3.8) is 0 Å². The fraction of sp³-hybridized carbons (Fsp3) is 0.455. The van der Waals surface area contributed by atoms with Gasteiger partial charge in [0.05, 0.1) is 0 Å². The Morgan fingerprint density at radius 2 is 1.24 bits per heavy atom. The van der Waals surface area contributed by atoms with Crippen LogP contribution in [0.2, 0.25) is 0 Å². The lowest BCUT2D eigenvalue weighted by Gasteiger charge is -2.22. The van der Waals surface area contributed by atoms with Gasteiger partial charge in [-0.05, 0) is 26.3 Å². The first-order valence-electron chi connectivity index (χ1n) is 10.5. The topological polar surface area (TPSA) is 171 Å². The smallest absolute Gasteiger partial charge is 0.326 e. The molecule has 11 heteroatoms. The number of carbonyl (C=O) groups excluding carboxylic acids is 5. The van der Waals surface area contributed by atoms with Crippen LogP contribution in [0.1, 0.15) is 49.5 Å². The number of aliphatic carboxylic acids is 1. The monoisotopic (exact) mass is 460 g/mol. The zero-order valence-corrected chi connectivity index (χ0v) is 18.6. The number of carboxylic acid groups (broad SMARTS) is 1. The van der Waals surface area contributed by atoms with E-state index in [1.54, 1.807) is 12.1 Å². The van der Waals surface area contributed by atoms with Crippen LogP contribution in [0.25, 0.3) is 0 Å². The third-order valence-electron chi connectivity index (χ3n) is 5.18. The molecule has 0 saturated carbocycles. The van der Waals surface area contributed by atoms with Crippen LogP contribution in [0.15, 0.2) is 24.3 Å². The molecule has 4 atom stereocenters. The quantitative estimate of drug-likeness (QED) is 0.345. The van der Waals surface area contributed by atoms with Gasteiger partial charge in [-0.1, -0.05) is 24.3 Å². The van der Waals surface area contributed by atoms with E-state index in [1.165, 1.54) is 32.9 Å². The maximum atomic E-state index is 12.4. The summed E-state index contributed by atoms with van der Waals surface area (Å²) in [6.07, 6.45) is -0.244. The number of carbonyl (C=O) groups is 6. The van der Waals surface area contributed by atoms with E-state index in [0.29, 0.717) is 11.1 Å². The van der Waals surface area contributed by atoms with Gasteiger partial charge in [-0.15, -0.1) is 0 Å². The molecule has 0 aromatic heterocycles. The van der Waals surface area contributed by atoms with Gasteiger partial charge >= 0.3 is 5.97 Å². The van der Waals surface area contributed by atoms with Gasteiger partial charge in [-0.2, -0.15) is 0 Å². The molecule has 1 aromatic rings. The van der Waals surface area contributed by atoms with Crippen molar-refractivity contribution in [1.29, 1.82) is 0 Å². The Balaban J connectivity index is 2.27. The Morgan fingerprint density at radius 3 is 1.76 bits per heavy atom. The number of fused-ring (bicyclic) bond motifs is 17. The molecule has 2 aliphatic rings. The van der Waals surface area contributed by atoms with Crippen molar-refractivity contribution in [3.05, 3.63) is 35.4 Å². The van der Waals surface area contributed by atoms with Crippen molar-refractivity contribution < 1.29 is 33.9 Å². The number of hydrogen-bond acceptors (Lipinski definition) is 6. The standard InChI is InChI=1S/C22H28N4O7/c1-11-19(29)24-12(2)20(30)25-13(3)21(31)26-16(22(32)33)10-14-4-6-15(7-5-14)17(27)8-9-18(28)23-11/h4-7,11-13,16H,8-10H2,1-3H3,(H,23,28)(H,24,29)(H,25,30)(H,26,31)(H,32,33). The fourth-order valence-corrected chi connectivity index (χ4v) is 3.12. The summed E-state index contributed by atoms with van der Waals surface area (Å²) in [5.74, 6) is -4.03. The summed E-state index contributed by atoms with van der Waals surface area (Å²) in [6, 6.07) is 1.90. The maximum Gasteiger partial charge on any atom is 0.326 e. The van der Waals surface area contributed by atoms with Crippen molar-refractivity contribution >= 4 is 35.4 Å². The van der Waals surface area contributed by atoms with Crippen molar-refractivity contribution in [3.8, 4) is 0 Å². The summed E-state index contributed by atoms with van der Waals surface area (Å²) in [6.45, 7) is 4.23. The highest BCUT2D eigenvalue weighted by Gasteiger charge is 2.27. The van der Waals surface area contributed by atoms with Gasteiger partial charge in [0.2, 0.25) is 23.6 Å². The van der Waals surface area contributed by atoms with Crippen molar-refractivity contribution in [2.24, 2.45) is 0 Å². The molecule has 0 aliphatic carbocycles. The molecule has 2 heterocycles. The Bertz CT molecular complexity index is 945. The zero-order valence-electron chi connectivity index (χ0n) is 18.6. The molecular weight excluding hydrogens is 432 g/mol. The Hall–Kier alpha value is -3.76. The predicted octanol–water partition coefficient (Wildman–Crippen LogP) is -0.711. The van der Waals surface area contributed by atoms with Crippen molar-refractivity contribution in [1.82, 2.24) is 21.3 Å². The van der Waals surface area contributed by atoms with Crippen molar-refractivity contribution in [2.75, 3.05) is 0 Å². The van der Waals surface area contributed by atoms with Gasteiger partial charge < -0.3 is 26.4 Å². The summed E-state index contributed by atoms with van der Waals surface area (Å²) in [5, 5.41) is 19.2. The third kappa shape index (κ3) is 7.41. The number of ketones is 1. The molecule has 4 unspecified atom stereocenters. The van der Waals surface area contributed by atoms with E-state index < -0.39 is 53.8 Å². The minimum absolute atomic E-state index is 0.0387. The molecule has 2 aliphatic heterocycles. The highest BCUT2D eigenvalue weighted by atomic mass is 16.4. The lowest BCUT2D eigenvalue weighted by molar-refractivity contribution is -0.142. The van der Waals surface area contributed by atoms with Crippen LogP contribution in [0, 0.1) is 0 Å². The number of hydrogen-bond donors (Lipinski definition) is 5. The zero-order chi connectivity index (χ0) is 24.7. The second-order valence-corrected chi connectivity index (χ2v) is 7.97. The maximum absolute atomic E-state index is 12.4. The molecule has 3 rings (SSSR count). The molecule has 33 heavy (non-hydrogen) atoms. The Morgan fingerprint density at radius 1 is 0.758 bits per heavy atom. The van der Waals surface area contributed by atoms with Gasteiger partial charge in [-0.25, -0.2) is 4.79 Å². The van der Waals surface area contributed by atoms with Gasteiger partial charge in [0, 0.05) is 24.8 Å². The molecule has 0 spiro atoms. The molecule has 0 radical (unpaired) electrons. The van der Waals surface area contributed by atoms with E-state index in [9.17, 15) is 33.9 Å². The lowest BCUT2D eigenvalue weighted by atomic mass is 10.0. The molecule has 1 aromatic carbocycles. The van der Waals surface area contributed by atoms with E-state index in [0.717, 1.165) is 0 Å². The summed E-state index contributed by atoms with van der Waals surface area (Å²) >= 11 is 0. The summed E-state index contributed by atoms with van der Waals surface area (Å²) in [7, 11) is 0. The molecule has 0 saturated heterocycles. The van der Waals surface area contributed by atoms with Crippen LogP contribution < -0.4 is 21.3 Å². The number of rotatable bonds is 1. The van der Waals surface area contributed by atoms with Gasteiger partial charge in [0.1, 0.15) is 24.2 Å². The number of carboxylic acids is 1. The normalized spacial score (nSPS) is 26.0. The molecular formula is C22H28N4O7. The highest BCUT2D eigenvalue weighted by Crippen LogP contribution is 2.11.